The summed E-state index contributed by atoms with van der Waals surface area (Å²) < 4.78 is 7.08. The number of hydrogen-bond acceptors (Lipinski definition) is 5. The Morgan fingerprint density at radius 1 is 1.30 bits per heavy atom. The molecule has 0 saturated carbocycles. The Hall–Kier alpha value is -1.91. The summed E-state index contributed by atoms with van der Waals surface area (Å²) in [6.45, 7) is 5.29. The Balaban J connectivity index is 1.57. The van der Waals surface area contributed by atoms with Gasteiger partial charge in [-0.15, -0.1) is 0 Å². The van der Waals surface area contributed by atoms with Gasteiger partial charge in [-0.3, -0.25) is 9.48 Å². The van der Waals surface area contributed by atoms with E-state index < -0.39 is 6.04 Å². The van der Waals surface area contributed by atoms with E-state index in [1.807, 2.05) is 4.68 Å². The summed E-state index contributed by atoms with van der Waals surface area (Å²) in [5.74, 6) is -0.135. The normalized spacial score (nSPS) is 22.7. The number of carbonyl (C=O) groups excluding carboxylic acids is 1. The molecule has 1 aromatic rings. The highest BCUT2D eigenvalue weighted by atomic mass is 16.5. The number of piperidine rings is 1. The molecule has 0 aliphatic carbocycles. The Kier molecular flexibility index (Phi) is 5.26. The second kappa shape index (κ2) is 7.57. The molecule has 23 heavy (non-hydrogen) atoms. The molecule has 0 bridgehead atoms. The van der Waals surface area contributed by atoms with Gasteiger partial charge in [0, 0.05) is 19.3 Å². The van der Waals surface area contributed by atoms with Crippen molar-refractivity contribution in [3.8, 4) is 6.07 Å². The third kappa shape index (κ3) is 3.89. The van der Waals surface area contributed by atoms with Crippen LogP contribution in [-0.2, 0) is 11.3 Å². The summed E-state index contributed by atoms with van der Waals surface area (Å²) in [7, 11) is 0. The maximum Gasteiger partial charge on any atom is 0.258 e. The van der Waals surface area contributed by atoms with Gasteiger partial charge in [0.25, 0.3) is 5.91 Å². The largest absolute Gasteiger partial charge is 0.376 e. The second-order valence-corrected chi connectivity index (χ2v) is 6.11. The molecule has 1 unspecified atom stereocenters. The minimum Gasteiger partial charge on any atom is -0.376 e. The van der Waals surface area contributed by atoms with Crippen molar-refractivity contribution in [3.05, 3.63) is 18.0 Å². The number of nitriles is 1. The van der Waals surface area contributed by atoms with Crippen LogP contribution in [0.5, 0.6) is 0 Å². The molecule has 0 spiro atoms. The summed E-state index contributed by atoms with van der Waals surface area (Å²) in [5.41, 5.74) is 0.547. The first-order valence-electron chi connectivity index (χ1n) is 8.31. The van der Waals surface area contributed by atoms with E-state index in [1.165, 1.54) is 19.3 Å². The smallest absolute Gasteiger partial charge is 0.258 e. The number of hydrogen-bond donors (Lipinski definition) is 0. The number of carbonyl (C=O) groups is 1. The van der Waals surface area contributed by atoms with E-state index in [0.29, 0.717) is 18.7 Å². The van der Waals surface area contributed by atoms with E-state index in [9.17, 15) is 4.79 Å². The van der Waals surface area contributed by atoms with E-state index in [0.717, 1.165) is 26.2 Å². The number of likely N-dealkylation sites (tertiary alicyclic amines) is 1. The third-order valence-electron chi connectivity index (χ3n) is 4.51. The zero-order valence-corrected chi connectivity index (χ0v) is 13.4. The minimum atomic E-state index is -0.507. The summed E-state index contributed by atoms with van der Waals surface area (Å²) in [6, 6.07) is 1.62. The molecule has 2 aliphatic rings. The predicted octanol–water partition coefficient (Wildman–Crippen LogP) is 0.734. The first-order chi connectivity index (χ1) is 11.3. The molecule has 124 valence electrons. The Bertz CT molecular complexity index is 573. The van der Waals surface area contributed by atoms with Gasteiger partial charge in [-0.25, -0.2) is 0 Å². The van der Waals surface area contributed by atoms with Crippen LogP contribution in [0.2, 0.25) is 0 Å². The summed E-state index contributed by atoms with van der Waals surface area (Å²) in [6.07, 6.45) is 7.26. The Labute approximate surface area is 136 Å². The molecule has 1 amide bonds. The molecule has 2 fully saturated rings. The van der Waals surface area contributed by atoms with Gasteiger partial charge in [0.1, 0.15) is 6.04 Å². The van der Waals surface area contributed by atoms with Gasteiger partial charge in [0.15, 0.2) is 0 Å². The summed E-state index contributed by atoms with van der Waals surface area (Å²) in [5, 5.41) is 13.4. The third-order valence-corrected chi connectivity index (χ3v) is 4.51. The van der Waals surface area contributed by atoms with Gasteiger partial charge >= 0.3 is 0 Å². The van der Waals surface area contributed by atoms with Gasteiger partial charge < -0.3 is 14.5 Å². The van der Waals surface area contributed by atoms with Gasteiger partial charge in [-0.2, -0.15) is 10.4 Å². The monoisotopic (exact) mass is 317 g/mol. The lowest BCUT2D eigenvalue weighted by molar-refractivity contribution is 0.0132. The van der Waals surface area contributed by atoms with Crippen LogP contribution in [0.4, 0.5) is 0 Å². The fourth-order valence-corrected chi connectivity index (χ4v) is 3.14. The van der Waals surface area contributed by atoms with Crippen molar-refractivity contribution in [3.63, 3.8) is 0 Å². The van der Waals surface area contributed by atoms with Crippen molar-refractivity contribution in [2.75, 3.05) is 39.4 Å². The maximum absolute atomic E-state index is 12.5. The molecule has 3 rings (SSSR count). The molecule has 7 heteroatoms. The van der Waals surface area contributed by atoms with Crippen LogP contribution in [0.25, 0.3) is 0 Å². The first-order valence-corrected chi connectivity index (χ1v) is 8.31. The van der Waals surface area contributed by atoms with Crippen molar-refractivity contribution >= 4 is 5.91 Å². The van der Waals surface area contributed by atoms with E-state index >= 15 is 0 Å². The number of nitrogens with zero attached hydrogens (tertiary/aromatic N) is 5. The van der Waals surface area contributed by atoms with Crippen LogP contribution in [-0.4, -0.2) is 70.9 Å². The average Bonchev–Trinajstić information content (AvgIpc) is 3.09. The second-order valence-electron chi connectivity index (χ2n) is 6.11. The van der Waals surface area contributed by atoms with Gasteiger partial charge in [0.05, 0.1) is 37.6 Å². The maximum atomic E-state index is 12.5. The minimum absolute atomic E-state index is 0.135. The van der Waals surface area contributed by atoms with Crippen molar-refractivity contribution < 1.29 is 9.53 Å². The first kappa shape index (κ1) is 16.0. The van der Waals surface area contributed by atoms with Crippen molar-refractivity contribution in [1.29, 1.82) is 5.26 Å². The lowest BCUT2D eigenvalue weighted by Crippen LogP contribution is -2.47. The molecule has 3 heterocycles. The molecule has 2 aliphatic heterocycles. The summed E-state index contributed by atoms with van der Waals surface area (Å²) in [4.78, 5) is 16.6. The summed E-state index contributed by atoms with van der Waals surface area (Å²) >= 11 is 0. The van der Waals surface area contributed by atoms with Crippen molar-refractivity contribution in [2.45, 2.75) is 31.8 Å². The highest BCUT2D eigenvalue weighted by Gasteiger charge is 2.28. The lowest BCUT2D eigenvalue weighted by atomic mass is 10.1. The molecule has 0 radical (unpaired) electrons. The van der Waals surface area contributed by atoms with Crippen LogP contribution in [0.1, 0.15) is 29.6 Å². The molecule has 1 aromatic heterocycles. The Morgan fingerprint density at radius 2 is 2.13 bits per heavy atom. The van der Waals surface area contributed by atoms with Gasteiger partial charge in [-0.05, 0) is 25.9 Å². The molecular formula is C16H23N5O2. The quantitative estimate of drug-likeness (QED) is 0.818. The molecule has 7 nitrogen and oxygen atoms in total. The van der Waals surface area contributed by atoms with Crippen molar-refractivity contribution in [2.24, 2.45) is 0 Å². The lowest BCUT2D eigenvalue weighted by Gasteiger charge is -2.30. The van der Waals surface area contributed by atoms with E-state index in [2.05, 4.69) is 16.1 Å². The average molecular weight is 317 g/mol. The van der Waals surface area contributed by atoms with Crippen LogP contribution >= 0.6 is 0 Å². The molecule has 0 N–H and O–H groups in total. The number of morpholine rings is 1. The fraction of sp³-hybridized carbons (Fsp3) is 0.688. The number of aromatic nitrogens is 2. The zero-order valence-electron chi connectivity index (χ0n) is 13.4. The van der Waals surface area contributed by atoms with Crippen LogP contribution in [0.15, 0.2) is 12.4 Å². The Morgan fingerprint density at radius 3 is 2.91 bits per heavy atom. The van der Waals surface area contributed by atoms with E-state index in [4.69, 9.17) is 10.00 Å². The van der Waals surface area contributed by atoms with Crippen LogP contribution in [0.3, 0.4) is 0 Å². The van der Waals surface area contributed by atoms with Gasteiger partial charge in [-0.1, -0.05) is 6.42 Å². The van der Waals surface area contributed by atoms with Crippen LogP contribution < -0.4 is 0 Å². The SMILES string of the molecule is N#CC1COCCN1C(=O)c1cnn(CCN2CCCCC2)c1. The standard InChI is InChI=1S/C16H23N5O2/c17-10-15-13-23-9-8-21(15)16(22)14-11-18-20(12-14)7-6-19-4-2-1-3-5-19/h11-12,15H,1-9,13H2. The number of amides is 1. The zero-order chi connectivity index (χ0) is 16.1. The molecule has 0 aromatic carbocycles. The molecular weight excluding hydrogens is 294 g/mol. The van der Waals surface area contributed by atoms with Crippen molar-refractivity contribution in [1.82, 2.24) is 19.6 Å². The van der Waals surface area contributed by atoms with Crippen LogP contribution in [0, 0.1) is 11.3 Å². The predicted molar refractivity (Wildman–Crippen MR) is 83.8 cm³/mol. The molecule has 2 saturated heterocycles. The highest BCUT2D eigenvalue weighted by Crippen LogP contribution is 2.12. The van der Waals surface area contributed by atoms with E-state index in [-0.39, 0.29) is 12.5 Å². The number of rotatable bonds is 4. The van der Waals surface area contributed by atoms with Gasteiger partial charge in [0.2, 0.25) is 0 Å². The molecule has 1 atom stereocenters. The topological polar surface area (TPSA) is 74.4 Å². The van der Waals surface area contributed by atoms with E-state index in [1.54, 1.807) is 17.3 Å². The fourth-order valence-electron chi connectivity index (χ4n) is 3.14. The highest BCUT2D eigenvalue weighted by molar-refractivity contribution is 5.94. The number of ether oxygens (including phenoxy) is 1.